The summed E-state index contributed by atoms with van der Waals surface area (Å²) in [7, 11) is 0. The van der Waals surface area contributed by atoms with Crippen molar-refractivity contribution >= 4 is 34.9 Å². The third kappa shape index (κ3) is 3.47. The molecule has 2 aliphatic heterocycles. The van der Waals surface area contributed by atoms with Crippen LogP contribution in [0.15, 0.2) is 12.3 Å². The Hall–Kier alpha value is -1.04. The molecule has 1 aromatic heterocycles. The number of anilines is 1. The van der Waals surface area contributed by atoms with Crippen molar-refractivity contribution < 1.29 is 4.79 Å². The standard InChI is InChI=1S/C15H20Cl2N4O/c16-11-9-12(17)14(19-10-11)20-5-7-21(8-6-20)15(22)13-3-1-2-4-18-13/h9-10,13,18H,1-8H2. The van der Waals surface area contributed by atoms with Crippen LogP contribution in [0.2, 0.25) is 10.0 Å². The van der Waals surface area contributed by atoms with Crippen LogP contribution in [0.5, 0.6) is 0 Å². The summed E-state index contributed by atoms with van der Waals surface area (Å²) < 4.78 is 0. The van der Waals surface area contributed by atoms with Crippen molar-refractivity contribution in [3.8, 4) is 0 Å². The molecular weight excluding hydrogens is 323 g/mol. The van der Waals surface area contributed by atoms with Crippen LogP contribution in [0.3, 0.4) is 0 Å². The molecule has 0 saturated carbocycles. The van der Waals surface area contributed by atoms with Crippen molar-refractivity contribution in [3.05, 3.63) is 22.3 Å². The minimum absolute atomic E-state index is 0.00227. The lowest BCUT2D eigenvalue weighted by atomic mass is 10.0. The number of rotatable bonds is 2. The molecule has 120 valence electrons. The minimum Gasteiger partial charge on any atom is -0.352 e. The van der Waals surface area contributed by atoms with Gasteiger partial charge in [-0.05, 0) is 25.5 Å². The average Bonchev–Trinajstić information content (AvgIpc) is 2.55. The first kappa shape index (κ1) is 15.8. The van der Waals surface area contributed by atoms with Gasteiger partial charge in [-0.2, -0.15) is 0 Å². The van der Waals surface area contributed by atoms with Crippen LogP contribution in [0.1, 0.15) is 19.3 Å². The molecule has 2 saturated heterocycles. The lowest BCUT2D eigenvalue weighted by Crippen LogP contribution is -2.55. The van der Waals surface area contributed by atoms with Crippen LogP contribution >= 0.6 is 23.2 Å². The molecule has 3 heterocycles. The molecule has 5 nitrogen and oxygen atoms in total. The first-order chi connectivity index (χ1) is 10.6. The molecule has 0 aromatic carbocycles. The number of pyridine rings is 1. The van der Waals surface area contributed by atoms with Crippen LogP contribution in [-0.2, 0) is 4.79 Å². The molecule has 3 rings (SSSR count). The fourth-order valence-electron chi connectivity index (χ4n) is 3.06. The van der Waals surface area contributed by atoms with E-state index in [1.54, 1.807) is 12.3 Å². The Balaban J connectivity index is 1.59. The van der Waals surface area contributed by atoms with Crippen molar-refractivity contribution in [2.75, 3.05) is 37.6 Å². The number of nitrogens with one attached hydrogen (secondary N) is 1. The smallest absolute Gasteiger partial charge is 0.239 e. The average molecular weight is 343 g/mol. The van der Waals surface area contributed by atoms with Crippen molar-refractivity contribution in [1.82, 2.24) is 15.2 Å². The van der Waals surface area contributed by atoms with E-state index in [-0.39, 0.29) is 11.9 Å². The summed E-state index contributed by atoms with van der Waals surface area (Å²) in [6.45, 7) is 3.84. The van der Waals surface area contributed by atoms with Gasteiger partial charge in [0.25, 0.3) is 0 Å². The summed E-state index contributed by atoms with van der Waals surface area (Å²) in [5.41, 5.74) is 0. The Morgan fingerprint density at radius 2 is 2.00 bits per heavy atom. The van der Waals surface area contributed by atoms with E-state index in [1.165, 1.54) is 0 Å². The fourth-order valence-corrected chi connectivity index (χ4v) is 3.56. The monoisotopic (exact) mass is 342 g/mol. The number of amides is 1. The predicted molar refractivity (Wildman–Crippen MR) is 88.7 cm³/mol. The maximum absolute atomic E-state index is 12.5. The van der Waals surface area contributed by atoms with Crippen LogP contribution < -0.4 is 10.2 Å². The highest BCUT2D eigenvalue weighted by molar-refractivity contribution is 6.36. The second kappa shape index (κ2) is 7.02. The number of hydrogen-bond donors (Lipinski definition) is 1. The van der Waals surface area contributed by atoms with E-state index in [2.05, 4.69) is 15.2 Å². The normalized spacial score (nSPS) is 22.7. The number of carbonyl (C=O) groups excluding carboxylic acids is 1. The maximum Gasteiger partial charge on any atom is 0.239 e. The maximum atomic E-state index is 12.5. The van der Waals surface area contributed by atoms with Gasteiger partial charge in [-0.25, -0.2) is 4.98 Å². The van der Waals surface area contributed by atoms with Gasteiger partial charge in [-0.3, -0.25) is 4.79 Å². The Bertz CT molecular complexity index is 540. The molecule has 22 heavy (non-hydrogen) atoms. The van der Waals surface area contributed by atoms with Crippen molar-refractivity contribution in [2.45, 2.75) is 25.3 Å². The zero-order chi connectivity index (χ0) is 15.5. The van der Waals surface area contributed by atoms with Crippen LogP contribution in [-0.4, -0.2) is 54.6 Å². The molecule has 1 aromatic rings. The summed E-state index contributed by atoms with van der Waals surface area (Å²) in [6.07, 6.45) is 4.85. The first-order valence-corrected chi connectivity index (χ1v) is 8.49. The van der Waals surface area contributed by atoms with Gasteiger partial charge >= 0.3 is 0 Å². The predicted octanol–water partition coefficient (Wildman–Crippen LogP) is 2.18. The van der Waals surface area contributed by atoms with Gasteiger partial charge in [0.1, 0.15) is 5.82 Å². The van der Waals surface area contributed by atoms with E-state index in [0.717, 1.165) is 44.7 Å². The molecule has 2 aliphatic rings. The molecule has 0 bridgehead atoms. The molecule has 7 heteroatoms. The zero-order valence-electron chi connectivity index (χ0n) is 12.4. The molecule has 0 spiro atoms. The molecular formula is C15H20Cl2N4O. The summed E-state index contributed by atoms with van der Waals surface area (Å²) in [5.74, 6) is 0.975. The Kier molecular flexibility index (Phi) is 5.06. The van der Waals surface area contributed by atoms with E-state index in [4.69, 9.17) is 23.2 Å². The summed E-state index contributed by atoms with van der Waals surface area (Å²) in [5, 5.41) is 4.41. The lowest BCUT2D eigenvalue weighted by Gasteiger charge is -2.38. The molecule has 1 amide bonds. The minimum atomic E-state index is -0.00227. The Morgan fingerprint density at radius 1 is 1.23 bits per heavy atom. The van der Waals surface area contributed by atoms with Crippen LogP contribution in [0.25, 0.3) is 0 Å². The summed E-state index contributed by atoms with van der Waals surface area (Å²) >= 11 is 12.1. The lowest BCUT2D eigenvalue weighted by molar-refractivity contribution is -0.134. The van der Waals surface area contributed by atoms with Gasteiger partial charge in [-0.15, -0.1) is 0 Å². The molecule has 0 aliphatic carbocycles. The number of halogens is 2. The van der Waals surface area contributed by atoms with Gasteiger partial charge in [0.2, 0.25) is 5.91 Å². The van der Waals surface area contributed by atoms with E-state index in [9.17, 15) is 4.79 Å². The van der Waals surface area contributed by atoms with Gasteiger partial charge in [-0.1, -0.05) is 29.6 Å². The second-order valence-electron chi connectivity index (χ2n) is 5.77. The zero-order valence-corrected chi connectivity index (χ0v) is 13.9. The number of hydrogen-bond acceptors (Lipinski definition) is 4. The van der Waals surface area contributed by atoms with Crippen molar-refractivity contribution in [1.29, 1.82) is 0 Å². The number of piperidine rings is 1. The van der Waals surface area contributed by atoms with Gasteiger partial charge < -0.3 is 15.1 Å². The SMILES string of the molecule is O=C(C1CCCCN1)N1CCN(c2ncc(Cl)cc2Cl)CC1. The first-order valence-electron chi connectivity index (χ1n) is 7.73. The quantitative estimate of drug-likeness (QED) is 0.894. The molecule has 1 N–H and O–H groups in total. The molecule has 0 radical (unpaired) electrons. The van der Waals surface area contributed by atoms with Gasteiger partial charge in [0, 0.05) is 32.4 Å². The van der Waals surface area contributed by atoms with Gasteiger partial charge in [0.15, 0.2) is 0 Å². The van der Waals surface area contributed by atoms with Crippen LogP contribution in [0, 0.1) is 0 Å². The van der Waals surface area contributed by atoms with Crippen molar-refractivity contribution in [2.24, 2.45) is 0 Å². The Morgan fingerprint density at radius 3 is 2.64 bits per heavy atom. The van der Waals surface area contributed by atoms with E-state index in [1.807, 2.05) is 4.90 Å². The number of piperazine rings is 1. The third-order valence-corrected chi connectivity index (χ3v) is 4.77. The molecule has 1 unspecified atom stereocenters. The molecule has 2 fully saturated rings. The number of carbonyl (C=O) groups is 1. The van der Waals surface area contributed by atoms with Crippen molar-refractivity contribution in [3.63, 3.8) is 0 Å². The largest absolute Gasteiger partial charge is 0.352 e. The highest BCUT2D eigenvalue weighted by atomic mass is 35.5. The topological polar surface area (TPSA) is 48.5 Å². The van der Waals surface area contributed by atoms with E-state index in [0.29, 0.717) is 23.1 Å². The van der Waals surface area contributed by atoms with Crippen LogP contribution in [0.4, 0.5) is 5.82 Å². The Labute approximate surface area is 140 Å². The van der Waals surface area contributed by atoms with E-state index >= 15 is 0 Å². The number of aromatic nitrogens is 1. The summed E-state index contributed by atoms with van der Waals surface area (Å²) in [6, 6.07) is 1.70. The molecule has 1 atom stereocenters. The number of nitrogens with zero attached hydrogens (tertiary/aromatic N) is 3. The second-order valence-corrected chi connectivity index (χ2v) is 6.62. The van der Waals surface area contributed by atoms with E-state index < -0.39 is 0 Å². The fraction of sp³-hybridized carbons (Fsp3) is 0.600. The highest BCUT2D eigenvalue weighted by Crippen LogP contribution is 2.27. The summed E-state index contributed by atoms with van der Waals surface area (Å²) in [4.78, 5) is 20.9. The van der Waals surface area contributed by atoms with Gasteiger partial charge in [0.05, 0.1) is 16.1 Å². The third-order valence-electron chi connectivity index (χ3n) is 4.29. The highest BCUT2D eigenvalue weighted by Gasteiger charge is 2.29.